The normalized spacial score (nSPS) is 10.6. The molecule has 0 radical (unpaired) electrons. The topological polar surface area (TPSA) is 97.3 Å². The van der Waals surface area contributed by atoms with Gasteiger partial charge in [0, 0.05) is 31.5 Å². The highest BCUT2D eigenvalue weighted by Gasteiger charge is 2.12. The zero-order valence-corrected chi connectivity index (χ0v) is 15.3. The van der Waals surface area contributed by atoms with Gasteiger partial charge in [-0.2, -0.15) is 0 Å². The first kappa shape index (κ1) is 17.5. The second kappa shape index (κ2) is 7.36. The summed E-state index contributed by atoms with van der Waals surface area (Å²) in [5.41, 5.74) is 2.17. The van der Waals surface area contributed by atoms with E-state index in [1.165, 1.54) is 4.90 Å². The molecule has 3 aromatic heterocycles. The number of amides is 1. The number of furan rings is 1. The third-order valence-electron chi connectivity index (χ3n) is 3.98. The molecule has 0 aliphatic rings. The molecule has 0 atom stereocenters. The molecule has 0 fully saturated rings. The van der Waals surface area contributed by atoms with Crippen LogP contribution in [0.3, 0.4) is 0 Å². The van der Waals surface area contributed by atoms with Crippen molar-refractivity contribution >= 4 is 17.4 Å². The van der Waals surface area contributed by atoms with E-state index in [1.807, 2.05) is 24.3 Å². The SMILES string of the molecule is CN(C)C(=O)c1ccc(Nc2ccc(-c3nnc(-c4ccco4)o3)cc2)nc1. The summed E-state index contributed by atoms with van der Waals surface area (Å²) in [6.07, 6.45) is 3.10. The lowest BCUT2D eigenvalue weighted by Gasteiger charge is -2.10. The molecule has 0 bridgehead atoms. The van der Waals surface area contributed by atoms with E-state index in [4.69, 9.17) is 8.83 Å². The van der Waals surface area contributed by atoms with Crippen molar-refractivity contribution in [3.05, 3.63) is 66.6 Å². The van der Waals surface area contributed by atoms with Crippen LogP contribution in [0, 0.1) is 0 Å². The number of aromatic nitrogens is 3. The van der Waals surface area contributed by atoms with E-state index in [1.54, 1.807) is 50.8 Å². The lowest BCUT2D eigenvalue weighted by Crippen LogP contribution is -2.21. The standard InChI is InChI=1S/C20H17N5O3/c1-25(2)20(26)14-7-10-17(21-12-14)22-15-8-5-13(6-9-15)18-23-24-19(28-18)16-4-3-11-27-16/h3-12H,1-2H3,(H,21,22). The number of hydrogen-bond donors (Lipinski definition) is 1. The third-order valence-corrected chi connectivity index (χ3v) is 3.98. The van der Waals surface area contributed by atoms with Crippen LogP contribution in [0.15, 0.2) is 69.8 Å². The summed E-state index contributed by atoms with van der Waals surface area (Å²) in [5, 5.41) is 11.2. The van der Waals surface area contributed by atoms with Crippen LogP contribution < -0.4 is 5.32 Å². The molecule has 4 aromatic rings. The number of benzene rings is 1. The molecular weight excluding hydrogens is 358 g/mol. The molecule has 1 aromatic carbocycles. The van der Waals surface area contributed by atoms with E-state index in [2.05, 4.69) is 20.5 Å². The predicted molar refractivity (Wildman–Crippen MR) is 103 cm³/mol. The van der Waals surface area contributed by atoms with Crippen molar-refractivity contribution in [3.8, 4) is 23.1 Å². The first-order chi connectivity index (χ1) is 13.6. The van der Waals surface area contributed by atoms with Gasteiger partial charge in [0.2, 0.25) is 5.89 Å². The van der Waals surface area contributed by atoms with Crippen LogP contribution in [0.5, 0.6) is 0 Å². The lowest BCUT2D eigenvalue weighted by atomic mass is 10.2. The number of pyridine rings is 1. The number of nitrogens with one attached hydrogen (secondary N) is 1. The van der Waals surface area contributed by atoms with Gasteiger partial charge in [-0.25, -0.2) is 4.98 Å². The van der Waals surface area contributed by atoms with Crippen LogP contribution in [0.25, 0.3) is 23.1 Å². The van der Waals surface area contributed by atoms with Gasteiger partial charge < -0.3 is 19.1 Å². The Bertz CT molecular complexity index is 1070. The van der Waals surface area contributed by atoms with Crippen LogP contribution >= 0.6 is 0 Å². The van der Waals surface area contributed by atoms with Crippen LogP contribution in [0.2, 0.25) is 0 Å². The maximum Gasteiger partial charge on any atom is 0.283 e. The first-order valence-corrected chi connectivity index (χ1v) is 8.53. The Labute approximate surface area is 160 Å². The Kier molecular flexibility index (Phi) is 4.59. The highest BCUT2D eigenvalue weighted by Crippen LogP contribution is 2.25. The van der Waals surface area contributed by atoms with Gasteiger partial charge in [-0.1, -0.05) is 0 Å². The minimum Gasteiger partial charge on any atom is -0.459 e. The largest absolute Gasteiger partial charge is 0.459 e. The molecule has 3 heterocycles. The van der Waals surface area contributed by atoms with Crippen molar-refractivity contribution < 1.29 is 13.6 Å². The molecule has 8 nitrogen and oxygen atoms in total. The Hall–Kier alpha value is -3.94. The molecule has 0 saturated carbocycles. The van der Waals surface area contributed by atoms with E-state index in [-0.39, 0.29) is 5.91 Å². The Morgan fingerprint density at radius 2 is 1.79 bits per heavy atom. The number of carbonyl (C=O) groups is 1. The van der Waals surface area contributed by atoms with Crippen molar-refractivity contribution in [2.45, 2.75) is 0 Å². The van der Waals surface area contributed by atoms with Gasteiger partial charge in [0.05, 0.1) is 11.8 Å². The predicted octanol–water partition coefficient (Wildman–Crippen LogP) is 3.84. The molecule has 1 N–H and O–H groups in total. The fraction of sp³-hybridized carbons (Fsp3) is 0.100. The van der Waals surface area contributed by atoms with Gasteiger partial charge in [0.1, 0.15) is 5.82 Å². The monoisotopic (exact) mass is 375 g/mol. The van der Waals surface area contributed by atoms with E-state index >= 15 is 0 Å². The number of hydrogen-bond acceptors (Lipinski definition) is 7. The van der Waals surface area contributed by atoms with E-state index in [0.29, 0.717) is 28.9 Å². The molecule has 0 aliphatic carbocycles. The fourth-order valence-electron chi connectivity index (χ4n) is 2.54. The number of rotatable bonds is 5. The van der Waals surface area contributed by atoms with E-state index in [0.717, 1.165) is 11.3 Å². The summed E-state index contributed by atoms with van der Waals surface area (Å²) < 4.78 is 10.9. The van der Waals surface area contributed by atoms with Gasteiger partial charge in [-0.3, -0.25) is 4.79 Å². The summed E-state index contributed by atoms with van der Waals surface area (Å²) in [7, 11) is 3.41. The molecule has 28 heavy (non-hydrogen) atoms. The van der Waals surface area contributed by atoms with Crippen molar-refractivity contribution in [3.63, 3.8) is 0 Å². The van der Waals surface area contributed by atoms with Gasteiger partial charge in [-0.15, -0.1) is 10.2 Å². The fourth-order valence-corrected chi connectivity index (χ4v) is 2.54. The highest BCUT2D eigenvalue weighted by atomic mass is 16.4. The summed E-state index contributed by atoms with van der Waals surface area (Å²) in [4.78, 5) is 17.7. The van der Waals surface area contributed by atoms with Gasteiger partial charge in [0.15, 0.2) is 5.76 Å². The average molecular weight is 375 g/mol. The lowest BCUT2D eigenvalue weighted by molar-refractivity contribution is 0.0827. The Morgan fingerprint density at radius 1 is 1.00 bits per heavy atom. The highest BCUT2D eigenvalue weighted by molar-refractivity contribution is 5.93. The molecule has 4 rings (SSSR count). The average Bonchev–Trinajstić information content (AvgIpc) is 3.40. The maximum absolute atomic E-state index is 11.9. The molecule has 0 unspecified atom stereocenters. The number of anilines is 2. The summed E-state index contributed by atoms with van der Waals surface area (Å²) >= 11 is 0. The Morgan fingerprint density at radius 3 is 2.43 bits per heavy atom. The maximum atomic E-state index is 11.9. The quantitative estimate of drug-likeness (QED) is 0.566. The second-order valence-electron chi connectivity index (χ2n) is 6.22. The molecule has 0 saturated heterocycles. The van der Waals surface area contributed by atoms with Gasteiger partial charge >= 0.3 is 0 Å². The minimum absolute atomic E-state index is 0.0862. The molecular formula is C20H17N5O3. The molecule has 0 aliphatic heterocycles. The second-order valence-corrected chi connectivity index (χ2v) is 6.22. The van der Waals surface area contributed by atoms with Crippen LogP contribution in [-0.4, -0.2) is 40.1 Å². The van der Waals surface area contributed by atoms with Crippen LogP contribution in [0.4, 0.5) is 11.5 Å². The van der Waals surface area contributed by atoms with Crippen molar-refractivity contribution in [1.82, 2.24) is 20.1 Å². The van der Waals surface area contributed by atoms with Crippen LogP contribution in [0.1, 0.15) is 10.4 Å². The van der Waals surface area contributed by atoms with Gasteiger partial charge in [-0.05, 0) is 48.5 Å². The third kappa shape index (κ3) is 3.61. The minimum atomic E-state index is -0.0862. The zero-order chi connectivity index (χ0) is 19.5. The van der Waals surface area contributed by atoms with Crippen molar-refractivity contribution in [1.29, 1.82) is 0 Å². The zero-order valence-electron chi connectivity index (χ0n) is 15.3. The van der Waals surface area contributed by atoms with Crippen LogP contribution in [-0.2, 0) is 0 Å². The summed E-state index contributed by atoms with van der Waals surface area (Å²) in [6.45, 7) is 0. The van der Waals surface area contributed by atoms with Crippen molar-refractivity contribution in [2.75, 3.05) is 19.4 Å². The smallest absolute Gasteiger partial charge is 0.283 e. The molecule has 0 spiro atoms. The van der Waals surface area contributed by atoms with Crippen molar-refractivity contribution in [2.24, 2.45) is 0 Å². The van der Waals surface area contributed by atoms with E-state index in [9.17, 15) is 4.79 Å². The molecule has 140 valence electrons. The molecule has 1 amide bonds. The number of nitrogens with zero attached hydrogens (tertiary/aromatic N) is 4. The van der Waals surface area contributed by atoms with Gasteiger partial charge in [0.25, 0.3) is 11.8 Å². The summed E-state index contributed by atoms with van der Waals surface area (Å²) in [5.74, 6) is 1.82. The Balaban J connectivity index is 1.46. The number of carbonyl (C=O) groups excluding carboxylic acids is 1. The van der Waals surface area contributed by atoms with E-state index < -0.39 is 0 Å². The first-order valence-electron chi connectivity index (χ1n) is 8.53. The molecule has 8 heteroatoms. The summed E-state index contributed by atoms with van der Waals surface area (Å²) in [6, 6.07) is 14.5.